The monoisotopic (exact) mass is 368 g/mol. The molecule has 2 heterocycles. The normalized spacial score (nSPS) is 17.7. The van der Waals surface area contributed by atoms with Gasteiger partial charge in [-0.25, -0.2) is 4.98 Å². The highest BCUT2D eigenvalue weighted by Gasteiger charge is 2.46. The molecule has 1 fully saturated rings. The van der Waals surface area contributed by atoms with Gasteiger partial charge >= 0.3 is 5.69 Å². The fraction of sp³-hybridized carbons (Fsp3) is 0.316. The highest BCUT2D eigenvalue weighted by molar-refractivity contribution is 7.22. The average Bonchev–Trinajstić information content (AvgIpc) is 3.21. The molecule has 132 valence electrons. The van der Waals surface area contributed by atoms with Crippen LogP contribution in [0.3, 0.4) is 0 Å². The number of benzene rings is 2. The van der Waals surface area contributed by atoms with Crippen molar-refractivity contribution < 1.29 is 14.4 Å². The van der Waals surface area contributed by atoms with E-state index in [1.54, 1.807) is 6.07 Å². The molecule has 1 aliphatic carbocycles. The Labute approximate surface area is 153 Å². The fourth-order valence-electron chi connectivity index (χ4n) is 3.76. The van der Waals surface area contributed by atoms with Gasteiger partial charge in [-0.3, -0.25) is 10.1 Å². The molecule has 6 nitrogen and oxygen atoms in total. The van der Waals surface area contributed by atoms with Crippen LogP contribution in [0.4, 0.5) is 5.69 Å². The Morgan fingerprint density at radius 3 is 2.62 bits per heavy atom. The highest BCUT2D eigenvalue weighted by atomic mass is 32.1. The first-order valence-electron chi connectivity index (χ1n) is 8.71. The quantitative estimate of drug-likeness (QED) is 0.453. The molecule has 0 bridgehead atoms. The maximum Gasteiger partial charge on any atom is 0.334 e. The summed E-state index contributed by atoms with van der Waals surface area (Å²) in [6, 6.07) is 11.5. The third kappa shape index (κ3) is 2.34. The van der Waals surface area contributed by atoms with E-state index in [1.165, 1.54) is 11.3 Å². The molecule has 0 radical (unpaired) electrons. The molecule has 1 spiro atoms. The average molecular weight is 368 g/mol. The van der Waals surface area contributed by atoms with E-state index in [-0.39, 0.29) is 16.4 Å². The molecule has 0 N–H and O–H groups in total. The number of fused-ring (bicyclic) bond motifs is 2. The van der Waals surface area contributed by atoms with E-state index in [0.717, 1.165) is 42.7 Å². The summed E-state index contributed by atoms with van der Waals surface area (Å²) in [5.41, 5.74) is 1.49. The molecule has 1 aliphatic heterocycles. The van der Waals surface area contributed by atoms with Gasteiger partial charge in [0, 0.05) is 24.5 Å². The first-order chi connectivity index (χ1) is 12.7. The van der Waals surface area contributed by atoms with Crippen LogP contribution in [0.1, 0.15) is 32.1 Å². The van der Waals surface area contributed by atoms with Crippen molar-refractivity contribution in [1.29, 1.82) is 0 Å². The van der Waals surface area contributed by atoms with Crippen molar-refractivity contribution in [2.75, 3.05) is 0 Å². The van der Waals surface area contributed by atoms with Crippen LogP contribution in [0.15, 0.2) is 36.4 Å². The Kier molecular flexibility index (Phi) is 3.40. The van der Waals surface area contributed by atoms with Gasteiger partial charge in [-0.15, -0.1) is 11.3 Å². The molecular formula is C19H16N2O4S. The molecule has 3 aromatic rings. The molecule has 2 aromatic carbocycles. The van der Waals surface area contributed by atoms with E-state index in [0.29, 0.717) is 16.0 Å². The van der Waals surface area contributed by atoms with Gasteiger partial charge in [-0.1, -0.05) is 36.8 Å². The topological polar surface area (TPSA) is 74.5 Å². The molecule has 0 saturated heterocycles. The zero-order valence-electron chi connectivity index (χ0n) is 13.9. The number of ether oxygens (including phenoxy) is 2. The summed E-state index contributed by atoms with van der Waals surface area (Å²) >= 11 is 1.32. The summed E-state index contributed by atoms with van der Waals surface area (Å²) in [4.78, 5) is 16.1. The van der Waals surface area contributed by atoms with Gasteiger partial charge in [0.2, 0.25) is 5.75 Å². The van der Waals surface area contributed by atoms with Gasteiger partial charge in [-0.2, -0.15) is 0 Å². The first kappa shape index (κ1) is 15.6. The lowest BCUT2D eigenvalue weighted by Crippen LogP contribution is -2.40. The van der Waals surface area contributed by atoms with Crippen molar-refractivity contribution in [2.45, 2.75) is 37.9 Å². The summed E-state index contributed by atoms with van der Waals surface area (Å²) in [6.07, 6.45) is 4.67. The molecular weight excluding hydrogens is 352 g/mol. The van der Waals surface area contributed by atoms with Crippen molar-refractivity contribution in [3.05, 3.63) is 46.5 Å². The maximum absolute atomic E-state index is 11.8. The van der Waals surface area contributed by atoms with Crippen LogP contribution in [0.2, 0.25) is 0 Å². The second-order valence-electron chi connectivity index (χ2n) is 6.72. The van der Waals surface area contributed by atoms with Crippen molar-refractivity contribution in [2.24, 2.45) is 0 Å². The summed E-state index contributed by atoms with van der Waals surface area (Å²) in [7, 11) is 0. The minimum absolute atomic E-state index is 0.0281. The molecule has 0 unspecified atom stereocenters. The van der Waals surface area contributed by atoms with E-state index in [9.17, 15) is 10.1 Å². The van der Waals surface area contributed by atoms with Crippen LogP contribution in [-0.4, -0.2) is 15.7 Å². The van der Waals surface area contributed by atoms with Crippen LogP contribution in [0.5, 0.6) is 11.5 Å². The van der Waals surface area contributed by atoms with Crippen LogP contribution >= 0.6 is 11.3 Å². The van der Waals surface area contributed by atoms with Crippen molar-refractivity contribution in [3.63, 3.8) is 0 Å². The maximum atomic E-state index is 11.8. The van der Waals surface area contributed by atoms with Gasteiger partial charge in [0.15, 0.2) is 5.75 Å². The van der Waals surface area contributed by atoms with Crippen molar-refractivity contribution >= 4 is 27.2 Å². The lowest BCUT2D eigenvalue weighted by molar-refractivity contribution is -0.384. The Morgan fingerprint density at radius 2 is 1.88 bits per heavy atom. The Hall–Kier alpha value is -2.67. The largest absolute Gasteiger partial charge is 0.448 e. The molecule has 26 heavy (non-hydrogen) atoms. The number of nitro benzene ring substituents is 1. The number of nitro groups is 1. The zero-order valence-corrected chi connectivity index (χ0v) is 14.8. The third-order valence-electron chi connectivity index (χ3n) is 4.98. The SMILES string of the molecule is O=[N+]([O-])c1c2c(cc3nc(-c4ccccc4)sc13)OC1(CCCCC1)O2. The molecule has 7 heteroatoms. The van der Waals surface area contributed by atoms with Crippen LogP contribution < -0.4 is 9.47 Å². The summed E-state index contributed by atoms with van der Waals surface area (Å²) in [5.74, 6) is -0.0412. The summed E-state index contributed by atoms with van der Waals surface area (Å²) in [6.45, 7) is 0. The smallest absolute Gasteiger partial charge is 0.334 e. The number of thiazole rings is 1. The number of aromatic nitrogens is 1. The molecule has 2 aliphatic rings. The predicted octanol–water partition coefficient (Wildman–Crippen LogP) is 5.30. The van der Waals surface area contributed by atoms with Gasteiger partial charge in [0.05, 0.1) is 10.4 Å². The fourth-order valence-corrected chi connectivity index (χ4v) is 4.82. The second-order valence-corrected chi connectivity index (χ2v) is 7.72. The van der Waals surface area contributed by atoms with E-state index in [1.807, 2.05) is 30.3 Å². The Balaban J connectivity index is 1.66. The zero-order chi connectivity index (χ0) is 17.7. The van der Waals surface area contributed by atoms with E-state index >= 15 is 0 Å². The Bertz CT molecular complexity index is 1010. The van der Waals surface area contributed by atoms with E-state index < -0.39 is 5.79 Å². The number of rotatable bonds is 2. The van der Waals surface area contributed by atoms with Crippen molar-refractivity contribution in [3.8, 4) is 22.1 Å². The lowest BCUT2D eigenvalue weighted by atomic mass is 9.94. The number of hydrogen-bond acceptors (Lipinski definition) is 6. The first-order valence-corrected chi connectivity index (χ1v) is 9.52. The third-order valence-corrected chi connectivity index (χ3v) is 6.10. The van der Waals surface area contributed by atoms with Crippen LogP contribution in [0.25, 0.3) is 20.8 Å². The highest BCUT2D eigenvalue weighted by Crippen LogP contribution is 2.54. The van der Waals surface area contributed by atoms with Gasteiger partial charge in [0.25, 0.3) is 5.79 Å². The standard InChI is InChI=1S/C19H16N2O4S/c22-21(23)15-16-14(24-19(25-16)9-5-2-6-10-19)11-13-17(15)26-18(20-13)12-7-3-1-4-8-12/h1,3-4,7-8,11H,2,5-6,9-10H2. The summed E-state index contributed by atoms with van der Waals surface area (Å²) < 4.78 is 12.7. The van der Waals surface area contributed by atoms with E-state index in [2.05, 4.69) is 4.98 Å². The van der Waals surface area contributed by atoms with Gasteiger partial charge in [0.1, 0.15) is 9.71 Å². The van der Waals surface area contributed by atoms with Gasteiger partial charge in [-0.05, 0) is 12.8 Å². The van der Waals surface area contributed by atoms with Gasteiger partial charge < -0.3 is 9.47 Å². The predicted molar refractivity (Wildman–Crippen MR) is 98.8 cm³/mol. The minimum Gasteiger partial charge on any atom is -0.448 e. The van der Waals surface area contributed by atoms with E-state index in [4.69, 9.17) is 9.47 Å². The summed E-state index contributed by atoms with van der Waals surface area (Å²) in [5, 5.41) is 12.6. The lowest BCUT2D eigenvalue weighted by Gasteiger charge is -2.30. The van der Waals surface area contributed by atoms with Crippen LogP contribution in [-0.2, 0) is 0 Å². The molecule has 1 aromatic heterocycles. The molecule has 0 amide bonds. The number of nitrogens with zero attached hydrogens (tertiary/aromatic N) is 2. The molecule has 5 rings (SSSR count). The Morgan fingerprint density at radius 1 is 1.12 bits per heavy atom. The second kappa shape index (κ2) is 5.67. The molecule has 0 atom stereocenters. The number of hydrogen-bond donors (Lipinski definition) is 0. The minimum atomic E-state index is -0.739. The van der Waals surface area contributed by atoms with Crippen LogP contribution in [0, 0.1) is 10.1 Å². The molecule has 1 saturated carbocycles. The van der Waals surface area contributed by atoms with Crippen molar-refractivity contribution in [1.82, 2.24) is 4.98 Å².